The first-order valence-corrected chi connectivity index (χ1v) is 11.5. The molecular weight excluding hydrogens is 460 g/mol. The molecule has 4 N–H and O–H groups in total. The molecule has 0 fully saturated rings. The number of aromatic hydroxyl groups is 1. The van der Waals surface area contributed by atoms with Crippen molar-refractivity contribution in [2.45, 2.75) is 4.90 Å². The number of rotatable bonds is 9. The average Bonchev–Trinajstić information content (AvgIpc) is 2.82. The summed E-state index contributed by atoms with van der Waals surface area (Å²) in [6.07, 6.45) is 3.40. The van der Waals surface area contributed by atoms with Crippen LogP contribution in [0.15, 0.2) is 53.4 Å². The first-order chi connectivity index (χ1) is 16.2. The van der Waals surface area contributed by atoms with E-state index >= 15 is 0 Å². The highest BCUT2D eigenvalue weighted by Crippen LogP contribution is 2.41. The number of nitrogen functional groups attached to an aromatic ring is 1. The van der Waals surface area contributed by atoms with E-state index in [1.165, 1.54) is 52.7 Å². The van der Waals surface area contributed by atoms with Crippen LogP contribution in [0.5, 0.6) is 28.7 Å². The second-order valence-electron chi connectivity index (χ2n) is 7.05. The fourth-order valence-electron chi connectivity index (χ4n) is 3.30. The fourth-order valence-corrected chi connectivity index (χ4v) is 4.44. The molecule has 3 aromatic rings. The van der Waals surface area contributed by atoms with Gasteiger partial charge in [0, 0.05) is 11.3 Å². The standard InChI is InChI=1S/C24H26N2O7S/c1-30-20-12-15(13-21(31-2)24(20)33-4)8-9-16-10-11-19(27)23(32-3)22(16)26-34(28,29)18-7-5-6-17(25)14-18/h5-14,26-27H,25H2,1-4H3/b9-8-. The molecule has 9 nitrogen and oxygen atoms in total. The van der Waals surface area contributed by atoms with E-state index in [1.54, 1.807) is 36.4 Å². The third-order valence-electron chi connectivity index (χ3n) is 4.92. The van der Waals surface area contributed by atoms with Crippen LogP contribution in [0.4, 0.5) is 11.4 Å². The van der Waals surface area contributed by atoms with Crippen LogP contribution >= 0.6 is 0 Å². The number of anilines is 2. The van der Waals surface area contributed by atoms with Crippen LogP contribution in [0.2, 0.25) is 0 Å². The molecule has 0 radical (unpaired) electrons. The van der Waals surface area contributed by atoms with Gasteiger partial charge in [-0.25, -0.2) is 8.42 Å². The monoisotopic (exact) mass is 486 g/mol. The summed E-state index contributed by atoms with van der Waals surface area (Å²) in [6.45, 7) is 0. The van der Waals surface area contributed by atoms with Gasteiger partial charge in [0.15, 0.2) is 23.0 Å². The molecule has 3 aromatic carbocycles. The van der Waals surface area contributed by atoms with Crippen LogP contribution in [0.3, 0.4) is 0 Å². The Balaban J connectivity index is 2.08. The van der Waals surface area contributed by atoms with Crippen LogP contribution in [-0.2, 0) is 10.0 Å². The van der Waals surface area contributed by atoms with E-state index in [-0.39, 0.29) is 22.1 Å². The van der Waals surface area contributed by atoms with Gasteiger partial charge in [0.05, 0.1) is 33.3 Å². The predicted octanol–water partition coefficient (Wildman–Crippen LogP) is 3.98. The molecule has 0 saturated heterocycles. The predicted molar refractivity (Wildman–Crippen MR) is 131 cm³/mol. The van der Waals surface area contributed by atoms with Crippen molar-refractivity contribution in [3.63, 3.8) is 0 Å². The van der Waals surface area contributed by atoms with Crippen molar-refractivity contribution >= 4 is 33.6 Å². The third-order valence-corrected chi connectivity index (χ3v) is 6.27. The Morgan fingerprint density at radius 3 is 2.06 bits per heavy atom. The summed E-state index contributed by atoms with van der Waals surface area (Å²) < 4.78 is 49.9. The number of methoxy groups -OCH3 is 4. The zero-order valence-electron chi connectivity index (χ0n) is 19.2. The molecule has 180 valence electrons. The number of phenols is 1. The molecule has 0 aliphatic rings. The van der Waals surface area contributed by atoms with Gasteiger partial charge in [-0.2, -0.15) is 0 Å². The normalized spacial score (nSPS) is 11.3. The molecule has 0 amide bonds. The zero-order chi connectivity index (χ0) is 24.9. The highest BCUT2D eigenvalue weighted by atomic mass is 32.2. The number of nitrogens with two attached hydrogens (primary N) is 1. The highest BCUT2D eigenvalue weighted by molar-refractivity contribution is 7.92. The Hall–Kier alpha value is -4.05. The minimum Gasteiger partial charge on any atom is -0.504 e. The molecular formula is C24H26N2O7S. The smallest absolute Gasteiger partial charge is 0.262 e. The van der Waals surface area contributed by atoms with Crippen molar-refractivity contribution < 1.29 is 32.5 Å². The Labute approximate surface area is 198 Å². The molecule has 0 spiro atoms. The Bertz CT molecular complexity index is 1300. The average molecular weight is 487 g/mol. The maximum absolute atomic E-state index is 13.0. The van der Waals surface area contributed by atoms with Gasteiger partial charge in [-0.3, -0.25) is 4.72 Å². The van der Waals surface area contributed by atoms with Gasteiger partial charge in [0.1, 0.15) is 5.69 Å². The van der Waals surface area contributed by atoms with Gasteiger partial charge in [0.2, 0.25) is 5.75 Å². The quantitative estimate of drug-likeness (QED) is 0.306. The summed E-state index contributed by atoms with van der Waals surface area (Å²) in [5.74, 6) is 1.13. The van der Waals surface area contributed by atoms with Crippen molar-refractivity contribution in [2.75, 3.05) is 38.9 Å². The van der Waals surface area contributed by atoms with Gasteiger partial charge >= 0.3 is 0 Å². The lowest BCUT2D eigenvalue weighted by molar-refractivity contribution is 0.324. The third kappa shape index (κ3) is 5.12. The van der Waals surface area contributed by atoms with E-state index in [4.69, 9.17) is 24.7 Å². The van der Waals surface area contributed by atoms with E-state index in [0.717, 1.165) is 0 Å². The molecule has 0 heterocycles. The van der Waals surface area contributed by atoms with Crippen LogP contribution in [0, 0.1) is 0 Å². The van der Waals surface area contributed by atoms with Gasteiger partial charge in [-0.15, -0.1) is 0 Å². The molecule has 0 unspecified atom stereocenters. The van der Waals surface area contributed by atoms with Crippen molar-refractivity contribution in [2.24, 2.45) is 0 Å². The molecule has 0 bridgehead atoms. The van der Waals surface area contributed by atoms with E-state index < -0.39 is 10.0 Å². The lowest BCUT2D eigenvalue weighted by Gasteiger charge is -2.16. The van der Waals surface area contributed by atoms with E-state index in [2.05, 4.69) is 4.72 Å². The summed E-state index contributed by atoms with van der Waals surface area (Å²) in [5.41, 5.74) is 7.24. The molecule has 10 heteroatoms. The van der Waals surface area contributed by atoms with Crippen molar-refractivity contribution in [1.29, 1.82) is 0 Å². The molecule has 0 aliphatic carbocycles. The van der Waals surface area contributed by atoms with Crippen molar-refractivity contribution in [3.05, 3.63) is 59.7 Å². The summed E-state index contributed by atoms with van der Waals surface area (Å²) in [7, 11) is 1.84. The molecule has 34 heavy (non-hydrogen) atoms. The van der Waals surface area contributed by atoms with Gasteiger partial charge in [0.25, 0.3) is 10.0 Å². The van der Waals surface area contributed by atoms with Crippen LogP contribution < -0.4 is 29.4 Å². The Morgan fingerprint density at radius 2 is 1.50 bits per heavy atom. The number of sulfonamides is 1. The molecule has 0 aromatic heterocycles. The molecule has 0 saturated carbocycles. The number of ether oxygens (including phenoxy) is 4. The number of nitrogens with one attached hydrogen (secondary N) is 1. The Morgan fingerprint density at radius 1 is 0.853 bits per heavy atom. The number of hydrogen-bond acceptors (Lipinski definition) is 8. The Kier molecular flexibility index (Phi) is 7.42. The van der Waals surface area contributed by atoms with E-state index in [9.17, 15) is 13.5 Å². The second-order valence-corrected chi connectivity index (χ2v) is 8.73. The SMILES string of the molecule is COc1cc(/C=C\c2ccc(O)c(OC)c2NS(=O)(=O)c2cccc(N)c2)cc(OC)c1OC. The van der Waals surface area contributed by atoms with E-state index in [1.807, 2.05) is 0 Å². The van der Waals surface area contributed by atoms with Gasteiger partial charge < -0.3 is 29.8 Å². The summed E-state index contributed by atoms with van der Waals surface area (Å²) in [4.78, 5) is -0.0301. The maximum Gasteiger partial charge on any atom is 0.262 e. The maximum atomic E-state index is 13.0. The topological polar surface area (TPSA) is 129 Å². The van der Waals surface area contributed by atoms with Gasteiger partial charge in [-0.1, -0.05) is 18.2 Å². The second kappa shape index (κ2) is 10.3. The van der Waals surface area contributed by atoms with Gasteiger partial charge in [-0.05, 0) is 48.0 Å². The molecule has 0 atom stereocenters. The number of hydrogen-bond donors (Lipinski definition) is 3. The summed E-state index contributed by atoms with van der Waals surface area (Å²) in [5, 5.41) is 10.3. The van der Waals surface area contributed by atoms with Crippen LogP contribution in [0.25, 0.3) is 12.2 Å². The van der Waals surface area contributed by atoms with Crippen molar-refractivity contribution in [1.82, 2.24) is 0 Å². The zero-order valence-corrected chi connectivity index (χ0v) is 20.0. The minimum absolute atomic E-state index is 0.0282. The van der Waals surface area contributed by atoms with Crippen LogP contribution in [0.1, 0.15) is 11.1 Å². The largest absolute Gasteiger partial charge is 0.504 e. The molecule has 0 aliphatic heterocycles. The highest BCUT2D eigenvalue weighted by Gasteiger charge is 2.21. The number of benzene rings is 3. The minimum atomic E-state index is -4.03. The summed E-state index contributed by atoms with van der Waals surface area (Å²) >= 11 is 0. The summed E-state index contributed by atoms with van der Waals surface area (Å²) in [6, 6.07) is 12.3. The fraction of sp³-hybridized carbons (Fsp3) is 0.167. The lowest BCUT2D eigenvalue weighted by atomic mass is 10.1. The van der Waals surface area contributed by atoms with Crippen molar-refractivity contribution in [3.8, 4) is 28.7 Å². The van der Waals surface area contributed by atoms with E-state index in [0.29, 0.717) is 34.1 Å². The van der Waals surface area contributed by atoms with Crippen LogP contribution in [-0.4, -0.2) is 42.0 Å². The first kappa shape index (κ1) is 24.6. The molecule has 3 rings (SSSR count). The lowest BCUT2D eigenvalue weighted by Crippen LogP contribution is -2.15. The first-order valence-electron chi connectivity index (χ1n) is 10.0. The number of phenolic OH excluding ortho intramolecular Hbond substituents is 1.